The SMILES string of the molecule is CCCCCCCCCCCCc1cccc(N=C(CCCC)C(CCCCC)=Nc2cccc(CCCCCCCCCCCC)c2)c1.[Ni]. The monoisotopic (exact) mass is 729 g/mol. The minimum Gasteiger partial charge on any atom is -0.252 e. The second-order valence-corrected chi connectivity index (χ2v) is 14.9. The van der Waals surface area contributed by atoms with Gasteiger partial charge in [0.1, 0.15) is 0 Å². The van der Waals surface area contributed by atoms with Gasteiger partial charge in [-0.3, -0.25) is 9.98 Å². The molecule has 2 nitrogen and oxygen atoms in total. The van der Waals surface area contributed by atoms with Crippen LogP contribution in [-0.4, -0.2) is 11.4 Å². The van der Waals surface area contributed by atoms with E-state index in [1.165, 1.54) is 177 Å². The molecule has 0 atom stereocenters. The molecule has 2 rings (SSSR count). The number of unbranched alkanes of at least 4 members (excludes halogenated alkanes) is 21. The molecule has 0 amide bonds. The maximum Gasteiger partial charge on any atom is 0.0636 e. The van der Waals surface area contributed by atoms with Crippen molar-refractivity contribution in [3.05, 3.63) is 59.7 Å². The maximum atomic E-state index is 5.35. The Morgan fingerprint density at radius 3 is 1.08 bits per heavy atom. The van der Waals surface area contributed by atoms with Crippen LogP contribution in [0.15, 0.2) is 58.5 Å². The van der Waals surface area contributed by atoms with Gasteiger partial charge >= 0.3 is 0 Å². The van der Waals surface area contributed by atoms with Crippen molar-refractivity contribution in [3.63, 3.8) is 0 Å². The van der Waals surface area contributed by atoms with Crippen molar-refractivity contribution in [3.8, 4) is 0 Å². The standard InChI is InChI=1S/C47H78N2.Ni/c1-5-9-13-15-17-19-21-23-25-28-32-42-34-30-36-44(40-42)48-46(38-12-8-4)47(39-27-11-7-3)49-45-37-31-35-43(41-45)33-29-26-24-22-20-18-16-14-10-6-2;/h30-31,34-37,40-41H,5-29,32-33,38-39H2,1-4H3;. The van der Waals surface area contributed by atoms with Crippen LogP contribution in [0.1, 0.15) is 212 Å². The third-order valence-corrected chi connectivity index (χ3v) is 10.1. The number of aliphatic imine (C=N–C) groups is 2. The van der Waals surface area contributed by atoms with Crippen molar-refractivity contribution in [2.45, 2.75) is 214 Å². The Bertz CT molecular complexity index is 1120. The smallest absolute Gasteiger partial charge is 0.0636 e. The average Bonchev–Trinajstić information content (AvgIpc) is 3.11. The average molecular weight is 730 g/mol. The summed E-state index contributed by atoms with van der Waals surface area (Å²) in [5.74, 6) is 0. The third-order valence-electron chi connectivity index (χ3n) is 10.1. The Hall–Kier alpha value is -1.73. The van der Waals surface area contributed by atoms with Gasteiger partial charge in [0, 0.05) is 16.5 Å². The summed E-state index contributed by atoms with van der Waals surface area (Å²) in [7, 11) is 0. The maximum absolute atomic E-state index is 5.35. The minimum atomic E-state index is 0. The van der Waals surface area contributed by atoms with Gasteiger partial charge in [0.15, 0.2) is 0 Å². The van der Waals surface area contributed by atoms with E-state index in [0.29, 0.717) is 0 Å². The molecular weight excluding hydrogens is 651 g/mol. The van der Waals surface area contributed by atoms with Gasteiger partial charge in [-0.05, 0) is 86.8 Å². The van der Waals surface area contributed by atoms with Gasteiger partial charge in [-0.25, -0.2) is 0 Å². The summed E-state index contributed by atoms with van der Waals surface area (Å²) in [6.45, 7) is 9.18. The Kier molecular flexibility index (Phi) is 30.7. The van der Waals surface area contributed by atoms with Gasteiger partial charge in [0.2, 0.25) is 0 Å². The molecule has 0 unspecified atom stereocenters. The summed E-state index contributed by atoms with van der Waals surface area (Å²) >= 11 is 0. The van der Waals surface area contributed by atoms with E-state index in [1.54, 1.807) is 0 Å². The molecule has 0 saturated carbocycles. The van der Waals surface area contributed by atoms with E-state index >= 15 is 0 Å². The number of nitrogens with zero attached hydrogens (tertiary/aromatic N) is 2. The van der Waals surface area contributed by atoms with Crippen LogP contribution >= 0.6 is 0 Å². The van der Waals surface area contributed by atoms with E-state index in [2.05, 4.69) is 76.2 Å². The molecule has 0 aromatic heterocycles. The van der Waals surface area contributed by atoms with Crippen molar-refractivity contribution in [1.29, 1.82) is 0 Å². The van der Waals surface area contributed by atoms with E-state index in [9.17, 15) is 0 Å². The number of rotatable bonds is 32. The van der Waals surface area contributed by atoms with Crippen molar-refractivity contribution in [1.82, 2.24) is 0 Å². The first kappa shape index (κ1) is 46.3. The number of hydrogen-bond acceptors (Lipinski definition) is 2. The van der Waals surface area contributed by atoms with Crippen LogP contribution in [0.5, 0.6) is 0 Å². The van der Waals surface area contributed by atoms with Gasteiger partial charge in [-0.2, -0.15) is 0 Å². The van der Waals surface area contributed by atoms with Crippen LogP contribution in [0, 0.1) is 0 Å². The molecule has 0 heterocycles. The molecule has 0 bridgehead atoms. The van der Waals surface area contributed by atoms with Crippen molar-refractivity contribution < 1.29 is 16.5 Å². The zero-order chi connectivity index (χ0) is 35.0. The molecule has 50 heavy (non-hydrogen) atoms. The zero-order valence-corrected chi connectivity index (χ0v) is 34.3. The molecule has 0 aliphatic carbocycles. The van der Waals surface area contributed by atoms with Gasteiger partial charge in [-0.15, -0.1) is 0 Å². The summed E-state index contributed by atoms with van der Waals surface area (Å²) in [5.41, 5.74) is 7.48. The molecule has 0 aliphatic rings. The first-order valence-corrected chi connectivity index (χ1v) is 21.5. The Morgan fingerprint density at radius 2 is 0.700 bits per heavy atom. The van der Waals surface area contributed by atoms with Crippen molar-refractivity contribution >= 4 is 22.8 Å². The predicted octanol–water partition coefficient (Wildman–Crippen LogP) is 16.2. The molecule has 0 saturated heterocycles. The Balaban J connectivity index is 0.0000125. The fourth-order valence-electron chi connectivity index (χ4n) is 6.92. The van der Waals surface area contributed by atoms with Crippen LogP contribution in [0.3, 0.4) is 0 Å². The molecule has 0 fully saturated rings. The topological polar surface area (TPSA) is 24.7 Å². The van der Waals surface area contributed by atoms with Gasteiger partial charge in [0.05, 0.1) is 22.8 Å². The third kappa shape index (κ3) is 23.7. The predicted molar refractivity (Wildman–Crippen MR) is 222 cm³/mol. The molecule has 0 radical (unpaired) electrons. The first-order valence-electron chi connectivity index (χ1n) is 21.5. The fraction of sp³-hybridized carbons (Fsp3) is 0.702. The molecule has 2 aromatic rings. The largest absolute Gasteiger partial charge is 0.252 e. The number of hydrogen-bond donors (Lipinski definition) is 0. The van der Waals surface area contributed by atoms with Gasteiger partial charge in [0.25, 0.3) is 0 Å². The van der Waals surface area contributed by atoms with Crippen LogP contribution < -0.4 is 0 Å². The molecule has 3 heteroatoms. The van der Waals surface area contributed by atoms with Gasteiger partial charge < -0.3 is 0 Å². The van der Waals surface area contributed by atoms with Crippen molar-refractivity contribution in [2.75, 3.05) is 0 Å². The molecule has 0 aliphatic heterocycles. The summed E-state index contributed by atoms with van der Waals surface area (Å²) < 4.78 is 0. The molecule has 286 valence electrons. The van der Waals surface area contributed by atoms with Gasteiger partial charge in [-0.1, -0.05) is 187 Å². The van der Waals surface area contributed by atoms with E-state index < -0.39 is 0 Å². The quantitative estimate of drug-likeness (QED) is 0.0407. The molecule has 0 N–H and O–H groups in total. The molecule has 0 spiro atoms. The normalized spacial score (nSPS) is 12.0. The van der Waals surface area contributed by atoms with E-state index in [0.717, 1.165) is 43.5 Å². The summed E-state index contributed by atoms with van der Waals surface area (Å²) in [6.07, 6.45) is 38.0. The minimum absolute atomic E-state index is 0. The zero-order valence-electron chi connectivity index (χ0n) is 33.3. The Morgan fingerprint density at radius 1 is 0.380 bits per heavy atom. The van der Waals surface area contributed by atoms with E-state index in [1.807, 2.05) is 0 Å². The summed E-state index contributed by atoms with van der Waals surface area (Å²) in [6, 6.07) is 18.1. The number of benzene rings is 2. The van der Waals surface area contributed by atoms with Crippen LogP contribution in [-0.2, 0) is 29.3 Å². The van der Waals surface area contributed by atoms with E-state index in [4.69, 9.17) is 9.98 Å². The van der Waals surface area contributed by atoms with Crippen LogP contribution in [0.25, 0.3) is 0 Å². The first-order chi connectivity index (χ1) is 24.2. The fourth-order valence-corrected chi connectivity index (χ4v) is 6.92. The number of aryl methyl sites for hydroxylation is 2. The molecule has 2 aromatic carbocycles. The van der Waals surface area contributed by atoms with Crippen LogP contribution in [0.4, 0.5) is 11.4 Å². The van der Waals surface area contributed by atoms with Crippen LogP contribution in [0.2, 0.25) is 0 Å². The molecular formula is C47H78N2Ni. The second kappa shape index (κ2) is 33.1. The second-order valence-electron chi connectivity index (χ2n) is 14.9. The van der Waals surface area contributed by atoms with Crippen molar-refractivity contribution in [2.24, 2.45) is 9.98 Å². The summed E-state index contributed by atoms with van der Waals surface area (Å²) in [4.78, 5) is 10.7. The summed E-state index contributed by atoms with van der Waals surface area (Å²) in [5, 5.41) is 0. The Labute approximate surface area is 321 Å². The van der Waals surface area contributed by atoms with E-state index in [-0.39, 0.29) is 16.5 Å².